The molecule has 1 atom stereocenters. The zero-order chi connectivity index (χ0) is 22.1. The molecule has 1 aromatic heterocycles. The second-order valence-corrected chi connectivity index (χ2v) is 8.46. The lowest BCUT2D eigenvalue weighted by molar-refractivity contribution is 0.0414. The van der Waals surface area contributed by atoms with Crippen LogP contribution in [0.3, 0.4) is 0 Å². The number of halogens is 1. The minimum absolute atomic E-state index is 0. The average molecular weight is 566 g/mol. The van der Waals surface area contributed by atoms with E-state index in [0.717, 1.165) is 28.5 Å². The molecule has 0 saturated heterocycles. The lowest BCUT2D eigenvalue weighted by atomic mass is 9.87. The van der Waals surface area contributed by atoms with Crippen molar-refractivity contribution in [3.8, 4) is 0 Å². The first kappa shape index (κ1) is 26.1. The molecule has 0 bridgehead atoms. The molecule has 32 heavy (non-hydrogen) atoms. The van der Waals surface area contributed by atoms with Gasteiger partial charge in [-0.2, -0.15) is 0 Å². The molecule has 2 aromatic carbocycles. The summed E-state index contributed by atoms with van der Waals surface area (Å²) in [6.07, 6.45) is 0.503. The number of hydrogen-bond donors (Lipinski definition) is 3. The average Bonchev–Trinajstić information content (AvgIpc) is 3.26. The molecule has 0 fully saturated rings. The predicted octanol–water partition coefficient (Wildman–Crippen LogP) is 4.01. The SMILES string of the molecule is CCNC(=NCc1csc(N(C)C)n1)NCC(O)(Cc1ccccc1)c1ccccc1.I. The molecular formula is C24H32IN5OS. The number of benzene rings is 2. The Labute approximate surface area is 211 Å². The Morgan fingerprint density at radius 3 is 2.31 bits per heavy atom. The van der Waals surface area contributed by atoms with Gasteiger partial charge in [-0.15, -0.1) is 35.3 Å². The van der Waals surface area contributed by atoms with Crippen molar-refractivity contribution >= 4 is 46.4 Å². The predicted molar refractivity (Wildman–Crippen MR) is 145 cm³/mol. The summed E-state index contributed by atoms with van der Waals surface area (Å²) in [5, 5.41) is 21.2. The molecule has 0 aliphatic carbocycles. The van der Waals surface area contributed by atoms with Gasteiger partial charge in [0.1, 0.15) is 5.60 Å². The van der Waals surface area contributed by atoms with Crippen LogP contribution in [0.4, 0.5) is 5.13 Å². The number of rotatable bonds is 9. The molecule has 0 radical (unpaired) electrons. The van der Waals surface area contributed by atoms with Crippen molar-refractivity contribution in [3.05, 3.63) is 82.9 Å². The van der Waals surface area contributed by atoms with E-state index >= 15 is 0 Å². The van der Waals surface area contributed by atoms with Crippen LogP contribution in [0.5, 0.6) is 0 Å². The number of aliphatic imine (C=N–C) groups is 1. The maximum Gasteiger partial charge on any atom is 0.191 e. The highest BCUT2D eigenvalue weighted by atomic mass is 127. The first-order valence-corrected chi connectivity index (χ1v) is 11.3. The maximum atomic E-state index is 11.6. The fourth-order valence-electron chi connectivity index (χ4n) is 3.25. The molecule has 0 spiro atoms. The number of anilines is 1. The van der Waals surface area contributed by atoms with Crippen molar-refractivity contribution in [1.29, 1.82) is 0 Å². The van der Waals surface area contributed by atoms with Crippen LogP contribution in [0.2, 0.25) is 0 Å². The van der Waals surface area contributed by atoms with Gasteiger partial charge in [-0.05, 0) is 18.1 Å². The lowest BCUT2D eigenvalue weighted by Crippen LogP contribution is -2.46. The molecule has 0 saturated carbocycles. The summed E-state index contributed by atoms with van der Waals surface area (Å²) in [5.41, 5.74) is 1.81. The Hall–Kier alpha value is -2.17. The Morgan fingerprint density at radius 2 is 1.72 bits per heavy atom. The van der Waals surface area contributed by atoms with Crippen LogP contribution in [0.1, 0.15) is 23.7 Å². The van der Waals surface area contributed by atoms with Gasteiger partial charge in [0, 0.05) is 32.4 Å². The third-order valence-electron chi connectivity index (χ3n) is 4.86. The quantitative estimate of drug-likeness (QED) is 0.208. The second-order valence-electron chi connectivity index (χ2n) is 7.62. The Balaban J connectivity index is 0.00000363. The molecule has 0 amide bonds. The Bertz CT molecular complexity index is 965. The topological polar surface area (TPSA) is 72.8 Å². The van der Waals surface area contributed by atoms with Gasteiger partial charge in [-0.3, -0.25) is 0 Å². The number of aliphatic hydroxyl groups is 1. The minimum Gasteiger partial charge on any atom is -0.383 e. The smallest absolute Gasteiger partial charge is 0.191 e. The Morgan fingerprint density at radius 1 is 1.06 bits per heavy atom. The number of guanidine groups is 1. The summed E-state index contributed by atoms with van der Waals surface area (Å²) in [5.74, 6) is 0.657. The van der Waals surface area contributed by atoms with Crippen LogP contribution in [0, 0.1) is 0 Å². The van der Waals surface area contributed by atoms with E-state index in [9.17, 15) is 5.11 Å². The van der Waals surface area contributed by atoms with Crippen molar-refractivity contribution in [3.63, 3.8) is 0 Å². The van der Waals surface area contributed by atoms with E-state index in [1.54, 1.807) is 11.3 Å². The summed E-state index contributed by atoms with van der Waals surface area (Å²) >= 11 is 1.60. The van der Waals surface area contributed by atoms with Gasteiger partial charge < -0.3 is 20.6 Å². The molecule has 172 valence electrons. The summed E-state index contributed by atoms with van der Waals surface area (Å²) in [6.45, 7) is 3.56. The van der Waals surface area contributed by atoms with E-state index in [1.807, 2.05) is 92.0 Å². The van der Waals surface area contributed by atoms with E-state index in [-0.39, 0.29) is 24.0 Å². The van der Waals surface area contributed by atoms with E-state index in [0.29, 0.717) is 25.5 Å². The van der Waals surface area contributed by atoms with Crippen molar-refractivity contribution in [2.24, 2.45) is 4.99 Å². The molecule has 3 aromatic rings. The van der Waals surface area contributed by atoms with Crippen LogP contribution >= 0.6 is 35.3 Å². The first-order valence-electron chi connectivity index (χ1n) is 10.5. The van der Waals surface area contributed by atoms with E-state index < -0.39 is 5.60 Å². The lowest BCUT2D eigenvalue weighted by Gasteiger charge is -2.30. The third-order valence-corrected chi connectivity index (χ3v) is 5.92. The first-order chi connectivity index (χ1) is 15.0. The highest BCUT2D eigenvalue weighted by molar-refractivity contribution is 14.0. The summed E-state index contributed by atoms with van der Waals surface area (Å²) in [7, 11) is 3.96. The van der Waals surface area contributed by atoms with Crippen LogP contribution in [0.25, 0.3) is 0 Å². The third kappa shape index (κ3) is 7.46. The molecule has 0 aliphatic rings. The standard InChI is InChI=1S/C24H31N5OS.HI/c1-4-25-22(26-16-21-17-31-23(28-21)29(2)3)27-18-24(30,20-13-9-6-10-14-20)15-19-11-7-5-8-12-19;/h5-14,17,30H,4,15-16,18H2,1-3H3,(H2,25,26,27);1H. The van der Waals surface area contributed by atoms with Crippen molar-refractivity contribution < 1.29 is 5.11 Å². The minimum atomic E-state index is -1.07. The van der Waals surface area contributed by atoms with Crippen molar-refractivity contribution in [1.82, 2.24) is 15.6 Å². The fraction of sp³-hybridized carbons (Fsp3) is 0.333. The van der Waals surface area contributed by atoms with Crippen molar-refractivity contribution in [2.75, 3.05) is 32.1 Å². The van der Waals surface area contributed by atoms with E-state index in [2.05, 4.69) is 20.6 Å². The fourth-order valence-corrected chi connectivity index (χ4v) is 4.00. The Kier molecular flexibility index (Phi) is 10.4. The number of thiazole rings is 1. The van der Waals surface area contributed by atoms with Crippen LogP contribution < -0.4 is 15.5 Å². The van der Waals surface area contributed by atoms with Gasteiger partial charge in [0.05, 0.1) is 18.8 Å². The number of hydrogen-bond acceptors (Lipinski definition) is 5. The van der Waals surface area contributed by atoms with Crippen LogP contribution in [-0.4, -0.2) is 43.2 Å². The maximum absolute atomic E-state index is 11.6. The van der Waals surface area contributed by atoms with Crippen LogP contribution in [-0.2, 0) is 18.6 Å². The highest BCUT2D eigenvalue weighted by Crippen LogP contribution is 2.25. The van der Waals surface area contributed by atoms with Gasteiger partial charge in [-0.25, -0.2) is 9.98 Å². The molecule has 3 N–H and O–H groups in total. The number of nitrogens with zero attached hydrogens (tertiary/aromatic N) is 3. The summed E-state index contributed by atoms with van der Waals surface area (Å²) in [6, 6.07) is 19.9. The van der Waals surface area contributed by atoms with Gasteiger partial charge in [-0.1, -0.05) is 60.7 Å². The second kappa shape index (κ2) is 12.8. The zero-order valence-electron chi connectivity index (χ0n) is 18.8. The van der Waals surface area contributed by atoms with E-state index in [1.165, 1.54) is 0 Å². The summed E-state index contributed by atoms with van der Waals surface area (Å²) in [4.78, 5) is 11.2. The van der Waals surface area contributed by atoms with Gasteiger partial charge in [0.2, 0.25) is 0 Å². The molecule has 1 unspecified atom stereocenters. The molecule has 8 heteroatoms. The number of aromatic nitrogens is 1. The zero-order valence-corrected chi connectivity index (χ0v) is 21.9. The molecule has 3 rings (SSSR count). The molecule has 1 heterocycles. The molecule has 6 nitrogen and oxygen atoms in total. The monoisotopic (exact) mass is 565 g/mol. The largest absolute Gasteiger partial charge is 0.383 e. The van der Waals surface area contributed by atoms with E-state index in [4.69, 9.17) is 0 Å². The molecule has 0 aliphatic heterocycles. The van der Waals surface area contributed by atoms with Gasteiger partial charge >= 0.3 is 0 Å². The molecular weight excluding hydrogens is 533 g/mol. The highest BCUT2D eigenvalue weighted by Gasteiger charge is 2.30. The van der Waals surface area contributed by atoms with Gasteiger partial charge in [0.25, 0.3) is 0 Å². The number of nitrogens with one attached hydrogen (secondary N) is 2. The van der Waals surface area contributed by atoms with Crippen LogP contribution in [0.15, 0.2) is 71.0 Å². The summed E-state index contributed by atoms with van der Waals surface area (Å²) < 4.78 is 0. The van der Waals surface area contributed by atoms with Crippen molar-refractivity contribution in [2.45, 2.75) is 25.5 Å². The normalized spacial score (nSPS) is 13.1. The van der Waals surface area contributed by atoms with Gasteiger partial charge in [0.15, 0.2) is 11.1 Å².